The second kappa shape index (κ2) is 7.08. The number of nitrogens with zero attached hydrogens (tertiary/aromatic N) is 1. The van der Waals surface area contributed by atoms with E-state index >= 15 is 0 Å². The number of rotatable bonds is 1. The highest BCUT2D eigenvalue weighted by Gasteiger charge is 1.84. The Balaban J connectivity index is 0.000000165. The first kappa shape index (κ1) is 11.8. The van der Waals surface area contributed by atoms with E-state index in [2.05, 4.69) is 6.07 Å². The third-order valence-electron chi connectivity index (χ3n) is 1.88. The number of nitriles is 1. The Morgan fingerprint density at radius 3 is 1.75 bits per heavy atom. The minimum absolute atomic E-state index is 0.322. The van der Waals surface area contributed by atoms with E-state index in [4.69, 9.17) is 10.4 Å². The molecule has 0 heterocycles. The van der Waals surface area contributed by atoms with Gasteiger partial charge < -0.3 is 5.11 Å². The molecule has 0 radical (unpaired) electrons. The van der Waals surface area contributed by atoms with Crippen molar-refractivity contribution in [1.29, 1.82) is 5.26 Å². The molecule has 0 atom stereocenters. The van der Waals surface area contributed by atoms with Crippen LogP contribution in [0.15, 0.2) is 60.7 Å². The molecule has 2 heteroatoms. The SMILES string of the molecule is N#CCc1ccccc1.Oc1ccccc1. The normalized spacial score (nSPS) is 8.44. The summed E-state index contributed by atoms with van der Waals surface area (Å²) < 4.78 is 0. The summed E-state index contributed by atoms with van der Waals surface area (Å²) in [6.45, 7) is 0. The second-order valence-corrected chi connectivity index (χ2v) is 3.16. The van der Waals surface area contributed by atoms with Gasteiger partial charge in [0, 0.05) is 0 Å². The number of hydrogen-bond donors (Lipinski definition) is 1. The van der Waals surface area contributed by atoms with E-state index < -0.39 is 0 Å². The van der Waals surface area contributed by atoms with Gasteiger partial charge in [-0.25, -0.2) is 0 Å². The predicted molar refractivity (Wildman–Crippen MR) is 63.9 cm³/mol. The Labute approximate surface area is 95.4 Å². The van der Waals surface area contributed by atoms with Gasteiger partial charge >= 0.3 is 0 Å². The van der Waals surface area contributed by atoms with Gasteiger partial charge in [0.15, 0.2) is 0 Å². The van der Waals surface area contributed by atoms with Gasteiger partial charge in [0.1, 0.15) is 5.75 Å². The van der Waals surface area contributed by atoms with Gasteiger partial charge in [0.05, 0.1) is 12.5 Å². The smallest absolute Gasteiger partial charge is 0.115 e. The van der Waals surface area contributed by atoms with E-state index in [1.807, 2.05) is 36.4 Å². The van der Waals surface area contributed by atoms with Crippen molar-refractivity contribution in [2.45, 2.75) is 6.42 Å². The van der Waals surface area contributed by atoms with Crippen molar-refractivity contribution in [3.63, 3.8) is 0 Å². The Bertz CT molecular complexity index is 431. The van der Waals surface area contributed by atoms with Crippen LogP contribution in [0.4, 0.5) is 0 Å². The highest BCUT2D eigenvalue weighted by Crippen LogP contribution is 2.02. The Morgan fingerprint density at radius 1 is 0.875 bits per heavy atom. The molecule has 2 aromatic rings. The molecule has 0 spiro atoms. The summed E-state index contributed by atoms with van der Waals surface area (Å²) in [5, 5.41) is 16.9. The van der Waals surface area contributed by atoms with Crippen molar-refractivity contribution in [2.24, 2.45) is 0 Å². The van der Waals surface area contributed by atoms with E-state index in [1.165, 1.54) is 0 Å². The lowest BCUT2D eigenvalue weighted by atomic mass is 10.2. The third-order valence-corrected chi connectivity index (χ3v) is 1.88. The van der Waals surface area contributed by atoms with E-state index in [0.29, 0.717) is 12.2 Å². The van der Waals surface area contributed by atoms with Gasteiger partial charge in [-0.1, -0.05) is 48.5 Å². The van der Waals surface area contributed by atoms with Crippen LogP contribution in [0.3, 0.4) is 0 Å². The number of benzene rings is 2. The monoisotopic (exact) mass is 211 g/mol. The van der Waals surface area contributed by atoms with Crippen LogP contribution in [0.25, 0.3) is 0 Å². The number of phenolic OH excluding ortho intramolecular Hbond substituents is 1. The fourth-order valence-corrected chi connectivity index (χ4v) is 1.12. The van der Waals surface area contributed by atoms with E-state index in [0.717, 1.165) is 5.56 Å². The average molecular weight is 211 g/mol. The van der Waals surface area contributed by atoms with Crippen molar-refractivity contribution in [3.8, 4) is 11.8 Å². The van der Waals surface area contributed by atoms with Crippen molar-refractivity contribution in [2.75, 3.05) is 0 Å². The first-order valence-corrected chi connectivity index (χ1v) is 4.98. The van der Waals surface area contributed by atoms with Gasteiger partial charge in [0.25, 0.3) is 0 Å². The summed E-state index contributed by atoms with van der Waals surface area (Å²) >= 11 is 0. The van der Waals surface area contributed by atoms with E-state index in [-0.39, 0.29) is 0 Å². The maximum absolute atomic E-state index is 8.63. The minimum Gasteiger partial charge on any atom is -0.508 e. The molecule has 0 aliphatic carbocycles. The van der Waals surface area contributed by atoms with Gasteiger partial charge in [-0.05, 0) is 17.7 Å². The summed E-state index contributed by atoms with van der Waals surface area (Å²) in [4.78, 5) is 0. The Kier molecular flexibility index (Phi) is 5.22. The molecule has 2 rings (SSSR count). The van der Waals surface area contributed by atoms with Gasteiger partial charge in [-0.3, -0.25) is 0 Å². The molecule has 0 amide bonds. The molecule has 0 aliphatic heterocycles. The molecule has 0 bridgehead atoms. The molecule has 16 heavy (non-hydrogen) atoms. The van der Waals surface area contributed by atoms with Gasteiger partial charge in [-0.15, -0.1) is 0 Å². The summed E-state index contributed by atoms with van der Waals surface area (Å²) in [5.74, 6) is 0.322. The molecule has 0 aliphatic rings. The van der Waals surface area contributed by atoms with Crippen molar-refractivity contribution < 1.29 is 5.11 Å². The summed E-state index contributed by atoms with van der Waals surface area (Å²) in [6, 6.07) is 20.5. The second-order valence-electron chi connectivity index (χ2n) is 3.16. The van der Waals surface area contributed by atoms with Crippen LogP contribution >= 0.6 is 0 Å². The van der Waals surface area contributed by atoms with Crippen LogP contribution < -0.4 is 0 Å². The van der Waals surface area contributed by atoms with Crippen LogP contribution in [0.2, 0.25) is 0 Å². The predicted octanol–water partition coefficient (Wildman–Crippen LogP) is 3.14. The molecule has 0 saturated heterocycles. The molecule has 0 saturated carbocycles. The molecule has 80 valence electrons. The summed E-state index contributed by atoms with van der Waals surface area (Å²) in [5.41, 5.74) is 1.08. The third kappa shape index (κ3) is 4.83. The van der Waals surface area contributed by atoms with Crippen LogP contribution in [0, 0.1) is 11.3 Å². The highest BCUT2D eigenvalue weighted by atomic mass is 16.3. The largest absolute Gasteiger partial charge is 0.508 e. The van der Waals surface area contributed by atoms with Crippen LogP contribution in [0.1, 0.15) is 5.56 Å². The van der Waals surface area contributed by atoms with E-state index in [9.17, 15) is 0 Å². The first-order chi connectivity index (χ1) is 7.83. The lowest BCUT2D eigenvalue weighted by molar-refractivity contribution is 0.475. The zero-order valence-electron chi connectivity index (χ0n) is 8.88. The molecular weight excluding hydrogens is 198 g/mol. The van der Waals surface area contributed by atoms with Gasteiger partial charge in [0.2, 0.25) is 0 Å². The molecule has 1 N–H and O–H groups in total. The van der Waals surface area contributed by atoms with Crippen molar-refractivity contribution >= 4 is 0 Å². The average Bonchev–Trinajstić information content (AvgIpc) is 2.33. The lowest BCUT2D eigenvalue weighted by Gasteiger charge is -1.88. The molecular formula is C14H13NO. The van der Waals surface area contributed by atoms with Crippen LogP contribution in [0.5, 0.6) is 5.75 Å². The van der Waals surface area contributed by atoms with Gasteiger partial charge in [-0.2, -0.15) is 5.26 Å². The molecule has 0 fully saturated rings. The maximum atomic E-state index is 8.63. The summed E-state index contributed by atoms with van der Waals surface area (Å²) in [6.07, 6.45) is 0.515. The standard InChI is InChI=1S/C8H7N.C6H6O/c9-7-6-8-4-2-1-3-5-8;7-6-4-2-1-3-5-6/h1-5H,6H2;1-5,7H. The maximum Gasteiger partial charge on any atom is 0.115 e. The summed E-state index contributed by atoms with van der Waals surface area (Å²) in [7, 11) is 0. The van der Waals surface area contributed by atoms with Crippen molar-refractivity contribution in [3.05, 3.63) is 66.2 Å². The number of para-hydroxylation sites is 1. The molecule has 2 aromatic carbocycles. The number of aromatic hydroxyl groups is 1. The van der Waals surface area contributed by atoms with E-state index in [1.54, 1.807) is 24.3 Å². The first-order valence-electron chi connectivity index (χ1n) is 4.98. The Hall–Kier alpha value is -2.27. The minimum atomic E-state index is 0.322. The number of phenols is 1. The topological polar surface area (TPSA) is 44.0 Å². The lowest BCUT2D eigenvalue weighted by Crippen LogP contribution is -1.76. The molecule has 0 unspecified atom stereocenters. The zero-order valence-corrected chi connectivity index (χ0v) is 8.88. The highest BCUT2D eigenvalue weighted by molar-refractivity contribution is 5.18. The van der Waals surface area contributed by atoms with Crippen LogP contribution in [-0.2, 0) is 6.42 Å². The zero-order chi connectivity index (χ0) is 11.6. The molecule has 0 aromatic heterocycles. The van der Waals surface area contributed by atoms with Crippen LogP contribution in [-0.4, -0.2) is 5.11 Å². The fourth-order valence-electron chi connectivity index (χ4n) is 1.12. The van der Waals surface area contributed by atoms with Crippen molar-refractivity contribution in [1.82, 2.24) is 0 Å². The quantitative estimate of drug-likeness (QED) is 0.787. The number of hydrogen-bond acceptors (Lipinski definition) is 2. The fraction of sp³-hybridized carbons (Fsp3) is 0.0714. The molecule has 2 nitrogen and oxygen atoms in total. The Morgan fingerprint density at radius 2 is 1.38 bits per heavy atom.